The molecule has 0 radical (unpaired) electrons. The van der Waals surface area contributed by atoms with Crippen LogP contribution in [0.25, 0.3) is 0 Å². The van der Waals surface area contributed by atoms with Crippen LogP contribution in [-0.4, -0.2) is 42.7 Å². The molecule has 1 fully saturated rings. The lowest BCUT2D eigenvalue weighted by Gasteiger charge is -2.36. The van der Waals surface area contributed by atoms with Crippen molar-refractivity contribution in [3.63, 3.8) is 0 Å². The zero-order valence-electron chi connectivity index (χ0n) is 11.0. The fourth-order valence-electron chi connectivity index (χ4n) is 2.69. The Balaban J connectivity index is 2.44. The average molecular weight is 264 g/mol. The van der Waals surface area contributed by atoms with E-state index in [1.165, 1.54) is 0 Å². The van der Waals surface area contributed by atoms with Crippen LogP contribution in [0.2, 0.25) is 0 Å². The Morgan fingerprint density at radius 2 is 2.22 bits per heavy atom. The van der Waals surface area contributed by atoms with Gasteiger partial charge in [0.1, 0.15) is 5.60 Å². The van der Waals surface area contributed by atoms with E-state index in [1.54, 1.807) is 18.7 Å². The number of piperidine rings is 1. The predicted octanol–water partition coefficient (Wildman–Crippen LogP) is 2.23. The number of nitrogens with two attached hydrogens (primary N) is 1. The van der Waals surface area contributed by atoms with Gasteiger partial charge in [0.05, 0.1) is 6.54 Å². The molecular formula is C12H22F2N2O2. The van der Waals surface area contributed by atoms with Crippen LogP contribution in [0.15, 0.2) is 0 Å². The van der Waals surface area contributed by atoms with Crippen molar-refractivity contribution in [1.82, 2.24) is 4.90 Å². The van der Waals surface area contributed by atoms with Crippen LogP contribution in [0.5, 0.6) is 0 Å². The first-order chi connectivity index (χ1) is 8.28. The van der Waals surface area contributed by atoms with Crippen molar-refractivity contribution in [3.8, 4) is 0 Å². The van der Waals surface area contributed by atoms with E-state index >= 15 is 0 Å². The maximum atomic E-state index is 12.3. The van der Waals surface area contributed by atoms with Gasteiger partial charge in [0.15, 0.2) is 0 Å². The molecule has 4 nitrogen and oxygen atoms in total. The van der Waals surface area contributed by atoms with Crippen molar-refractivity contribution < 1.29 is 18.3 Å². The van der Waals surface area contributed by atoms with E-state index in [0.717, 1.165) is 19.4 Å². The minimum atomic E-state index is -2.29. The Labute approximate surface area is 106 Å². The van der Waals surface area contributed by atoms with Gasteiger partial charge >= 0.3 is 6.09 Å². The highest BCUT2D eigenvalue weighted by atomic mass is 19.3. The van der Waals surface area contributed by atoms with E-state index < -0.39 is 18.1 Å². The molecule has 1 aliphatic rings. The summed E-state index contributed by atoms with van der Waals surface area (Å²) in [5.74, 6) is 0.270. The van der Waals surface area contributed by atoms with Gasteiger partial charge in [-0.25, -0.2) is 13.6 Å². The lowest BCUT2D eigenvalue weighted by molar-refractivity contribution is 0.00740. The van der Waals surface area contributed by atoms with Gasteiger partial charge in [-0.2, -0.15) is 0 Å². The zero-order valence-corrected chi connectivity index (χ0v) is 11.0. The fourth-order valence-corrected chi connectivity index (χ4v) is 2.69. The molecule has 0 unspecified atom stereocenters. The molecule has 1 rings (SSSR count). The molecule has 1 amide bonds. The normalized spacial score (nSPS) is 22.2. The molecular weight excluding hydrogens is 242 g/mol. The smallest absolute Gasteiger partial charge is 0.405 e. The van der Waals surface area contributed by atoms with Crippen LogP contribution >= 0.6 is 0 Å². The molecule has 0 saturated carbocycles. The first-order valence-corrected chi connectivity index (χ1v) is 6.27. The van der Waals surface area contributed by atoms with Gasteiger partial charge in [0, 0.05) is 6.54 Å². The molecule has 0 aromatic heterocycles. The summed E-state index contributed by atoms with van der Waals surface area (Å²) >= 11 is 0. The van der Waals surface area contributed by atoms with Crippen molar-refractivity contribution >= 4 is 6.09 Å². The van der Waals surface area contributed by atoms with E-state index in [-0.39, 0.29) is 12.5 Å². The summed E-state index contributed by atoms with van der Waals surface area (Å²) in [4.78, 5) is 12.5. The molecule has 0 aromatic rings. The van der Waals surface area contributed by atoms with E-state index in [4.69, 9.17) is 10.5 Å². The number of rotatable bonds is 5. The number of nitrogens with zero attached hydrogens (tertiary/aromatic N) is 1. The highest BCUT2D eigenvalue weighted by molar-refractivity contribution is 5.65. The molecule has 0 bridgehead atoms. The molecule has 1 atom stereocenters. The largest absolute Gasteiger partial charge is 0.444 e. The van der Waals surface area contributed by atoms with Crippen LogP contribution in [0.3, 0.4) is 0 Å². The Bertz CT molecular complexity index is 285. The molecule has 106 valence electrons. The highest BCUT2D eigenvalue weighted by Crippen LogP contribution is 2.27. The Morgan fingerprint density at radius 1 is 1.56 bits per heavy atom. The van der Waals surface area contributed by atoms with Crippen molar-refractivity contribution in [3.05, 3.63) is 0 Å². The number of amides is 1. The maximum absolute atomic E-state index is 12.3. The van der Waals surface area contributed by atoms with Gasteiger partial charge < -0.3 is 10.5 Å². The van der Waals surface area contributed by atoms with Crippen molar-refractivity contribution in [2.75, 3.05) is 19.6 Å². The van der Waals surface area contributed by atoms with Gasteiger partial charge in [-0.05, 0) is 45.6 Å². The van der Waals surface area contributed by atoms with E-state index in [9.17, 15) is 13.6 Å². The maximum Gasteiger partial charge on any atom is 0.405 e. The monoisotopic (exact) mass is 264 g/mol. The number of alkyl halides is 2. The number of hydrogen-bond donors (Lipinski definition) is 1. The lowest BCUT2D eigenvalue weighted by atomic mass is 9.87. The van der Waals surface area contributed by atoms with Gasteiger partial charge in [0.2, 0.25) is 0 Å². The second-order valence-electron chi connectivity index (χ2n) is 5.54. The standard InChI is InChI=1S/C12H22F2N2O2/c1-12(2,18-11(15)17)6-9-4-3-5-16(7-9)8-10(13)14/h9-10H,3-8H2,1-2H3,(H2,15,17)/t9-/m1/s1. The molecule has 6 heteroatoms. The van der Waals surface area contributed by atoms with Crippen LogP contribution in [0.1, 0.15) is 33.1 Å². The molecule has 18 heavy (non-hydrogen) atoms. The van der Waals surface area contributed by atoms with Gasteiger partial charge in [-0.15, -0.1) is 0 Å². The van der Waals surface area contributed by atoms with Crippen molar-refractivity contribution in [2.24, 2.45) is 11.7 Å². The summed E-state index contributed by atoms with van der Waals surface area (Å²) in [6, 6.07) is 0. The van der Waals surface area contributed by atoms with Crippen LogP contribution in [0.4, 0.5) is 13.6 Å². The molecule has 0 aromatic carbocycles. The number of likely N-dealkylation sites (tertiary alicyclic amines) is 1. The lowest BCUT2D eigenvalue weighted by Crippen LogP contribution is -2.42. The summed E-state index contributed by atoms with van der Waals surface area (Å²) in [7, 11) is 0. The summed E-state index contributed by atoms with van der Waals surface area (Å²) < 4.78 is 29.7. The van der Waals surface area contributed by atoms with E-state index in [0.29, 0.717) is 13.0 Å². The van der Waals surface area contributed by atoms with Gasteiger partial charge in [0.25, 0.3) is 6.43 Å². The quantitative estimate of drug-likeness (QED) is 0.828. The second-order valence-corrected chi connectivity index (χ2v) is 5.54. The van der Waals surface area contributed by atoms with Gasteiger partial charge in [-0.3, -0.25) is 4.90 Å². The summed E-state index contributed by atoms with van der Waals surface area (Å²) in [6.45, 7) is 4.77. The Morgan fingerprint density at radius 3 is 2.78 bits per heavy atom. The van der Waals surface area contributed by atoms with Crippen LogP contribution in [-0.2, 0) is 4.74 Å². The molecule has 1 heterocycles. The summed E-state index contributed by atoms with van der Waals surface area (Å²) in [5, 5.41) is 0. The molecule has 0 aliphatic carbocycles. The highest BCUT2D eigenvalue weighted by Gasteiger charge is 2.30. The van der Waals surface area contributed by atoms with E-state index in [1.807, 2.05) is 0 Å². The minimum absolute atomic E-state index is 0.173. The summed E-state index contributed by atoms with van der Waals surface area (Å²) in [5.41, 5.74) is 4.37. The van der Waals surface area contributed by atoms with Gasteiger partial charge in [-0.1, -0.05) is 0 Å². The van der Waals surface area contributed by atoms with Crippen LogP contribution < -0.4 is 5.73 Å². The molecule has 1 saturated heterocycles. The average Bonchev–Trinajstić information content (AvgIpc) is 2.13. The number of halogens is 2. The summed E-state index contributed by atoms with van der Waals surface area (Å²) in [6.07, 6.45) is -0.552. The zero-order chi connectivity index (χ0) is 13.8. The first-order valence-electron chi connectivity index (χ1n) is 6.27. The molecule has 1 aliphatic heterocycles. The number of carbonyl (C=O) groups is 1. The van der Waals surface area contributed by atoms with Crippen molar-refractivity contribution in [1.29, 1.82) is 0 Å². The number of carbonyl (C=O) groups excluding carboxylic acids is 1. The predicted molar refractivity (Wildman–Crippen MR) is 64.5 cm³/mol. The van der Waals surface area contributed by atoms with E-state index in [2.05, 4.69) is 0 Å². The fraction of sp³-hybridized carbons (Fsp3) is 0.917. The van der Waals surface area contributed by atoms with Crippen molar-refractivity contribution in [2.45, 2.75) is 45.1 Å². The molecule has 0 spiro atoms. The number of primary amides is 1. The molecule has 2 N–H and O–H groups in total. The second kappa shape index (κ2) is 6.31. The third-order valence-corrected chi connectivity index (χ3v) is 3.16. The van der Waals surface area contributed by atoms with Crippen LogP contribution in [0, 0.1) is 5.92 Å². The number of hydrogen-bond acceptors (Lipinski definition) is 3. The minimum Gasteiger partial charge on any atom is -0.444 e. The number of ether oxygens (including phenoxy) is 1. The first kappa shape index (κ1) is 15.1. The third kappa shape index (κ3) is 5.62. The Hall–Kier alpha value is -0.910. The topological polar surface area (TPSA) is 55.6 Å². The third-order valence-electron chi connectivity index (χ3n) is 3.16. The Kier molecular flexibility index (Phi) is 5.31. The SMILES string of the molecule is CC(C)(C[C@H]1CCCN(CC(F)F)C1)OC(N)=O.